The van der Waals surface area contributed by atoms with E-state index in [0.717, 1.165) is 22.2 Å². The molecule has 1 heterocycles. The van der Waals surface area contributed by atoms with Crippen molar-refractivity contribution in [1.29, 1.82) is 0 Å². The molecule has 0 atom stereocenters. The number of hydrogen-bond acceptors (Lipinski definition) is 4. The van der Waals surface area contributed by atoms with Gasteiger partial charge < -0.3 is 9.30 Å². The monoisotopic (exact) mass is 410 g/mol. The van der Waals surface area contributed by atoms with Gasteiger partial charge in [0.15, 0.2) is 4.80 Å². The van der Waals surface area contributed by atoms with Crippen molar-refractivity contribution in [3.63, 3.8) is 0 Å². The van der Waals surface area contributed by atoms with Crippen molar-refractivity contribution in [2.45, 2.75) is 46.1 Å². The Hall–Kier alpha value is -2.73. The fourth-order valence-corrected chi connectivity index (χ4v) is 4.22. The summed E-state index contributed by atoms with van der Waals surface area (Å²) >= 11 is 1.42. The number of aryl methyl sites for hydroxylation is 1. The van der Waals surface area contributed by atoms with E-state index in [1.165, 1.54) is 29.6 Å². The first kappa shape index (κ1) is 21.0. The van der Waals surface area contributed by atoms with Crippen molar-refractivity contribution in [2.75, 3.05) is 7.11 Å². The third-order valence-electron chi connectivity index (χ3n) is 4.89. The number of benzene rings is 2. The van der Waals surface area contributed by atoms with E-state index in [1.54, 1.807) is 4.57 Å². The third-order valence-corrected chi connectivity index (χ3v) is 5.93. The normalized spacial score (nSPS) is 12.0. The summed E-state index contributed by atoms with van der Waals surface area (Å²) in [6.45, 7) is 6.40. The molecule has 2 aromatic carbocycles. The van der Waals surface area contributed by atoms with Gasteiger partial charge in [0.1, 0.15) is 6.54 Å². The van der Waals surface area contributed by atoms with Crippen LogP contribution in [0.5, 0.6) is 0 Å². The van der Waals surface area contributed by atoms with Crippen molar-refractivity contribution in [2.24, 2.45) is 4.99 Å². The van der Waals surface area contributed by atoms with Crippen LogP contribution >= 0.6 is 11.3 Å². The Morgan fingerprint density at radius 2 is 1.79 bits per heavy atom. The predicted molar refractivity (Wildman–Crippen MR) is 116 cm³/mol. The summed E-state index contributed by atoms with van der Waals surface area (Å²) in [5.41, 5.74) is 4.25. The SMILES string of the molecule is CCc1ccc2c(c1)sc(=NC(=O)Cc1ccc(C(C)C)cc1)n2CC(=O)OC. The number of aromatic nitrogens is 1. The quantitative estimate of drug-likeness (QED) is 0.571. The van der Waals surface area contributed by atoms with Gasteiger partial charge in [-0.3, -0.25) is 9.59 Å². The molecule has 0 bridgehead atoms. The lowest BCUT2D eigenvalue weighted by Gasteiger charge is -2.06. The lowest BCUT2D eigenvalue weighted by Crippen LogP contribution is -2.22. The number of hydrogen-bond donors (Lipinski definition) is 0. The minimum Gasteiger partial charge on any atom is -0.468 e. The zero-order valence-corrected chi connectivity index (χ0v) is 18.1. The Morgan fingerprint density at radius 3 is 2.41 bits per heavy atom. The molecule has 5 nitrogen and oxygen atoms in total. The van der Waals surface area contributed by atoms with E-state index in [1.807, 2.05) is 24.3 Å². The minimum atomic E-state index is -0.373. The molecule has 1 amide bonds. The molecule has 0 aliphatic carbocycles. The highest BCUT2D eigenvalue weighted by atomic mass is 32.1. The van der Waals surface area contributed by atoms with Gasteiger partial charge >= 0.3 is 5.97 Å². The molecule has 3 aromatic rings. The Bertz CT molecular complexity index is 1090. The highest BCUT2D eigenvalue weighted by Gasteiger charge is 2.12. The standard InChI is InChI=1S/C23H26N2O3S/c1-5-16-8-11-19-20(12-16)29-23(25(19)14-22(27)28-4)24-21(26)13-17-6-9-18(10-7-17)15(2)3/h6-12,15H,5,13-14H2,1-4H3. The zero-order valence-electron chi connectivity index (χ0n) is 17.3. The summed E-state index contributed by atoms with van der Waals surface area (Å²) < 4.78 is 7.58. The molecule has 0 saturated heterocycles. The molecular weight excluding hydrogens is 384 g/mol. The summed E-state index contributed by atoms with van der Waals surface area (Å²) in [6.07, 6.45) is 1.15. The maximum absolute atomic E-state index is 12.6. The van der Waals surface area contributed by atoms with Crippen LogP contribution in [0.2, 0.25) is 0 Å². The topological polar surface area (TPSA) is 60.7 Å². The molecule has 152 valence electrons. The molecule has 0 fully saturated rings. The first-order chi connectivity index (χ1) is 13.9. The van der Waals surface area contributed by atoms with Crippen LogP contribution < -0.4 is 4.80 Å². The average molecular weight is 411 g/mol. The van der Waals surface area contributed by atoms with Gasteiger partial charge in [0.2, 0.25) is 0 Å². The summed E-state index contributed by atoms with van der Waals surface area (Å²) in [5.74, 6) is -0.154. The van der Waals surface area contributed by atoms with Crippen molar-refractivity contribution in [3.05, 3.63) is 64.0 Å². The number of esters is 1. The number of amides is 1. The van der Waals surface area contributed by atoms with Crippen LogP contribution in [-0.4, -0.2) is 23.6 Å². The second kappa shape index (κ2) is 9.18. The van der Waals surface area contributed by atoms with E-state index >= 15 is 0 Å². The smallest absolute Gasteiger partial charge is 0.325 e. The van der Waals surface area contributed by atoms with Gasteiger partial charge in [-0.1, -0.05) is 62.4 Å². The molecule has 6 heteroatoms. The number of nitrogens with zero attached hydrogens (tertiary/aromatic N) is 2. The first-order valence-corrected chi connectivity index (χ1v) is 10.6. The van der Waals surface area contributed by atoms with Crippen LogP contribution in [0.4, 0.5) is 0 Å². The van der Waals surface area contributed by atoms with Gasteiger partial charge in [-0.25, -0.2) is 0 Å². The van der Waals surface area contributed by atoms with Gasteiger partial charge in [0, 0.05) is 0 Å². The molecule has 0 unspecified atom stereocenters. The number of fused-ring (bicyclic) bond motifs is 1. The molecule has 29 heavy (non-hydrogen) atoms. The van der Waals surface area contributed by atoms with E-state index in [-0.39, 0.29) is 24.8 Å². The Morgan fingerprint density at radius 1 is 1.10 bits per heavy atom. The maximum atomic E-state index is 12.6. The van der Waals surface area contributed by atoms with E-state index in [0.29, 0.717) is 10.7 Å². The Labute approximate surface area is 174 Å². The molecule has 0 radical (unpaired) electrons. The van der Waals surface area contributed by atoms with E-state index in [2.05, 4.69) is 44.0 Å². The van der Waals surface area contributed by atoms with Crippen molar-refractivity contribution < 1.29 is 14.3 Å². The van der Waals surface area contributed by atoms with Crippen molar-refractivity contribution in [1.82, 2.24) is 4.57 Å². The Balaban J connectivity index is 1.95. The van der Waals surface area contributed by atoms with Gasteiger partial charge in [0.25, 0.3) is 5.91 Å². The van der Waals surface area contributed by atoms with E-state index < -0.39 is 0 Å². The lowest BCUT2D eigenvalue weighted by atomic mass is 10.0. The number of thiazole rings is 1. The van der Waals surface area contributed by atoms with Crippen LogP contribution in [0.1, 0.15) is 43.4 Å². The molecular formula is C23H26N2O3S. The molecule has 0 aliphatic heterocycles. The fraction of sp³-hybridized carbons (Fsp3) is 0.348. The number of carbonyl (C=O) groups is 2. The molecule has 3 rings (SSSR count). The van der Waals surface area contributed by atoms with Crippen LogP contribution in [-0.2, 0) is 33.7 Å². The zero-order chi connectivity index (χ0) is 21.0. The van der Waals surface area contributed by atoms with Crippen molar-refractivity contribution >= 4 is 33.4 Å². The van der Waals surface area contributed by atoms with Gasteiger partial charge in [-0.05, 0) is 41.2 Å². The average Bonchev–Trinajstić information content (AvgIpc) is 3.04. The molecule has 0 saturated carbocycles. The van der Waals surface area contributed by atoms with Crippen LogP contribution in [0.25, 0.3) is 10.2 Å². The molecule has 0 aliphatic rings. The van der Waals surface area contributed by atoms with Gasteiger partial charge in [0.05, 0.1) is 23.7 Å². The molecule has 0 spiro atoms. The first-order valence-electron chi connectivity index (χ1n) is 9.76. The summed E-state index contributed by atoms with van der Waals surface area (Å²) in [6, 6.07) is 14.1. The predicted octanol–water partition coefficient (Wildman–Crippen LogP) is 4.23. The number of carbonyl (C=O) groups excluding carboxylic acids is 2. The second-order valence-electron chi connectivity index (χ2n) is 7.28. The summed E-state index contributed by atoms with van der Waals surface area (Å²) in [4.78, 5) is 29.4. The Kier molecular flexibility index (Phi) is 6.64. The number of ether oxygens (including phenoxy) is 1. The highest BCUT2D eigenvalue weighted by Crippen LogP contribution is 2.20. The highest BCUT2D eigenvalue weighted by molar-refractivity contribution is 7.16. The third kappa shape index (κ3) is 5.01. The minimum absolute atomic E-state index is 0.0250. The van der Waals surface area contributed by atoms with Gasteiger partial charge in [-0.2, -0.15) is 4.99 Å². The number of methoxy groups -OCH3 is 1. The number of rotatable bonds is 6. The van der Waals surface area contributed by atoms with E-state index in [9.17, 15) is 9.59 Å². The lowest BCUT2D eigenvalue weighted by molar-refractivity contribution is -0.141. The molecule has 1 aromatic heterocycles. The largest absolute Gasteiger partial charge is 0.468 e. The van der Waals surface area contributed by atoms with Crippen LogP contribution in [0.15, 0.2) is 47.5 Å². The van der Waals surface area contributed by atoms with E-state index in [4.69, 9.17) is 4.74 Å². The van der Waals surface area contributed by atoms with Gasteiger partial charge in [-0.15, -0.1) is 0 Å². The van der Waals surface area contributed by atoms with Crippen LogP contribution in [0, 0.1) is 0 Å². The fourth-order valence-electron chi connectivity index (χ4n) is 3.11. The summed E-state index contributed by atoms with van der Waals surface area (Å²) in [5, 5.41) is 0. The van der Waals surface area contributed by atoms with Crippen molar-refractivity contribution in [3.8, 4) is 0 Å². The summed E-state index contributed by atoms with van der Waals surface area (Å²) in [7, 11) is 1.36. The second-order valence-corrected chi connectivity index (χ2v) is 8.29. The maximum Gasteiger partial charge on any atom is 0.325 e. The molecule has 0 N–H and O–H groups in total. The van der Waals surface area contributed by atoms with Crippen LogP contribution in [0.3, 0.4) is 0 Å².